The highest BCUT2D eigenvalue weighted by molar-refractivity contribution is 5.66. The molecule has 1 aliphatic heterocycles. The number of ether oxygens (including phenoxy) is 1. The Labute approximate surface area is 119 Å². The molecule has 116 valence electrons. The minimum Gasteiger partial charge on any atom is -0.399 e. The first kappa shape index (κ1) is 15.4. The summed E-state index contributed by atoms with van der Waals surface area (Å²) in [6, 6.07) is 0. The Morgan fingerprint density at radius 2 is 2.38 bits per heavy atom. The van der Waals surface area contributed by atoms with Crippen LogP contribution in [0.5, 0.6) is 0 Å². The number of hydrogen-bond acceptors (Lipinski definition) is 7. The molecule has 0 aromatic carbocycles. The van der Waals surface area contributed by atoms with Crippen LogP contribution in [-0.4, -0.2) is 51.9 Å². The molecule has 1 aromatic rings. The largest absolute Gasteiger partial charge is 0.399 e. The molecule has 0 radical (unpaired) electrons. The van der Waals surface area contributed by atoms with E-state index in [4.69, 9.17) is 4.74 Å². The summed E-state index contributed by atoms with van der Waals surface area (Å²) in [4.78, 5) is 30.2. The van der Waals surface area contributed by atoms with Crippen molar-refractivity contribution in [1.82, 2.24) is 9.55 Å². The normalized spacial score (nSPS) is 29.1. The number of H-pyrrole nitrogens is 1. The smallest absolute Gasteiger partial charge is 0.330 e. The minimum atomic E-state index is -1.44. The molecule has 21 heavy (non-hydrogen) atoms. The van der Waals surface area contributed by atoms with Gasteiger partial charge in [0.15, 0.2) is 5.72 Å². The number of nitrogens with one attached hydrogen (secondary N) is 1. The second kappa shape index (κ2) is 5.80. The fourth-order valence-electron chi connectivity index (χ4n) is 2.26. The number of nitrogens with zero attached hydrogens (tertiary/aromatic N) is 2. The summed E-state index contributed by atoms with van der Waals surface area (Å²) >= 11 is 0. The Hall–Kier alpha value is -1.97. The molecule has 1 aromatic heterocycles. The van der Waals surface area contributed by atoms with Crippen LogP contribution in [0, 0.1) is 6.92 Å². The molecule has 0 amide bonds. The molecule has 1 saturated heterocycles. The summed E-state index contributed by atoms with van der Waals surface area (Å²) in [6.45, 7) is 1.12. The molecule has 0 unspecified atom stereocenters. The first-order valence-electron chi connectivity index (χ1n) is 6.31. The number of aromatic amines is 1. The third-order valence-corrected chi connectivity index (χ3v) is 3.35. The van der Waals surface area contributed by atoms with Gasteiger partial charge in [0.25, 0.3) is 5.56 Å². The molecule has 3 atom stereocenters. The predicted molar refractivity (Wildman–Crippen MR) is 72.1 cm³/mol. The Morgan fingerprint density at radius 1 is 1.67 bits per heavy atom. The molecule has 0 spiro atoms. The van der Waals surface area contributed by atoms with Crippen LogP contribution in [0.15, 0.2) is 20.9 Å². The average molecular weight is 299 g/mol. The highest BCUT2D eigenvalue weighted by Crippen LogP contribution is 2.32. The molecule has 2 rings (SSSR count). The zero-order valence-corrected chi connectivity index (χ0v) is 11.6. The lowest BCUT2D eigenvalue weighted by atomic mass is 10.1. The van der Waals surface area contributed by atoms with Crippen LogP contribution in [0.25, 0.3) is 0 Å². The molecule has 3 N–H and O–H groups in total. The van der Waals surface area contributed by atoms with Gasteiger partial charge in [0, 0.05) is 18.2 Å². The summed E-state index contributed by atoms with van der Waals surface area (Å²) in [6.07, 6.45) is 0.654. The van der Waals surface area contributed by atoms with Crippen molar-refractivity contribution in [2.45, 2.75) is 31.3 Å². The number of aryl methyl sites for hydroxylation is 1. The number of oxime groups is 1. The van der Waals surface area contributed by atoms with Gasteiger partial charge in [-0.05, 0) is 6.92 Å². The fraction of sp³-hybridized carbons (Fsp3) is 0.583. The van der Waals surface area contributed by atoms with Gasteiger partial charge in [-0.2, -0.15) is 0 Å². The average Bonchev–Trinajstić information content (AvgIpc) is 2.78. The molecular weight excluding hydrogens is 282 g/mol. The van der Waals surface area contributed by atoms with Gasteiger partial charge in [-0.25, -0.2) is 4.79 Å². The number of hydrogen-bond donors (Lipinski definition) is 3. The molecule has 1 fully saturated rings. The van der Waals surface area contributed by atoms with E-state index in [0.29, 0.717) is 5.56 Å². The van der Waals surface area contributed by atoms with Crippen LogP contribution >= 0.6 is 0 Å². The van der Waals surface area contributed by atoms with Crippen molar-refractivity contribution in [1.29, 1.82) is 0 Å². The molecule has 0 saturated carbocycles. The van der Waals surface area contributed by atoms with Crippen molar-refractivity contribution in [2.75, 3.05) is 13.7 Å². The lowest BCUT2D eigenvalue weighted by Gasteiger charge is -2.26. The van der Waals surface area contributed by atoms with Gasteiger partial charge in [0.05, 0.1) is 18.9 Å². The molecule has 0 aliphatic carbocycles. The highest BCUT2D eigenvalue weighted by Gasteiger charge is 2.47. The maximum absolute atomic E-state index is 12.0. The maximum Gasteiger partial charge on any atom is 0.330 e. The molecule has 9 heteroatoms. The van der Waals surface area contributed by atoms with Crippen molar-refractivity contribution in [2.24, 2.45) is 5.16 Å². The second-order valence-electron chi connectivity index (χ2n) is 4.81. The quantitative estimate of drug-likeness (QED) is 0.448. The van der Waals surface area contributed by atoms with Gasteiger partial charge in [-0.3, -0.25) is 14.3 Å². The van der Waals surface area contributed by atoms with Crippen molar-refractivity contribution in [3.63, 3.8) is 0 Å². The zero-order chi connectivity index (χ0) is 15.6. The Bertz CT molecular complexity index is 651. The molecule has 9 nitrogen and oxygen atoms in total. The summed E-state index contributed by atoms with van der Waals surface area (Å²) in [5.41, 5.74) is -2.36. The van der Waals surface area contributed by atoms with Crippen LogP contribution in [0.3, 0.4) is 0 Å². The van der Waals surface area contributed by atoms with Crippen molar-refractivity contribution < 1.29 is 19.8 Å². The van der Waals surface area contributed by atoms with Crippen LogP contribution in [0.4, 0.5) is 0 Å². The standard InChI is InChI=1S/C12H17N3O6/c1-7-4-15(11(19)14-10(7)18)12(6-13-20-2)3-8(17)9(5-16)21-12/h4,6,8-9,16-17H,3,5H2,1-2H3,(H,14,18,19)/b13-6+/t8-,9+,12-/m0/s1. The van der Waals surface area contributed by atoms with E-state index >= 15 is 0 Å². The van der Waals surface area contributed by atoms with Crippen molar-refractivity contribution in [3.8, 4) is 0 Å². The number of rotatable bonds is 4. The molecule has 1 aliphatic rings. The van der Waals surface area contributed by atoms with Crippen molar-refractivity contribution >= 4 is 6.21 Å². The third kappa shape index (κ3) is 2.75. The van der Waals surface area contributed by atoms with E-state index in [1.807, 2.05) is 0 Å². The first-order valence-corrected chi connectivity index (χ1v) is 6.31. The zero-order valence-electron chi connectivity index (χ0n) is 11.6. The van der Waals surface area contributed by atoms with E-state index in [2.05, 4.69) is 15.0 Å². The summed E-state index contributed by atoms with van der Waals surface area (Å²) < 4.78 is 6.70. The van der Waals surface area contributed by atoms with Gasteiger partial charge in [-0.1, -0.05) is 5.16 Å². The monoisotopic (exact) mass is 299 g/mol. The summed E-state index contributed by atoms with van der Waals surface area (Å²) in [5, 5.41) is 22.7. The predicted octanol–water partition coefficient (Wildman–Crippen LogP) is -1.73. The SMILES string of the molecule is CO/N=C/[C@]1(n2cc(C)c(=O)[nH]c2=O)C[C@H](O)[C@@H](CO)O1. The second-order valence-corrected chi connectivity index (χ2v) is 4.81. The topological polar surface area (TPSA) is 126 Å². The van der Waals surface area contributed by atoms with E-state index in [-0.39, 0.29) is 6.42 Å². The van der Waals surface area contributed by atoms with Crippen LogP contribution in [0.1, 0.15) is 12.0 Å². The van der Waals surface area contributed by atoms with E-state index in [9.17, 15) is 19.8 Å². The van der Waals surface area contributed by atoms with Crippen LogP contribution in [0.2, 0.25) is 0 Å². The summed E-state index contributed by atoms with van der Waals surface area (Å²) in [7, 11) is 1.32. The Kier molecular flexibility index (Phi) is 4.26. The number of aromatic nitrogens is 2. The number of aliphatic hydroxyl groups excluding tert-OH is 2. The first-order chi connectivity index (χ1) is 9.93. The molecular formula is C12H17N3O6. The Balaban J connectivity index is 2.57. The Morgan fingerprint density at radius 3 is 2.95 bits per heavy atom. The van der Waals surface area contributed by atoms with Gasteiger partial charge < -0.3 is 19.8 Å². The van der Waals surface area contributed by atoms with Gasteiger partial charge >= 0.3 is 5.69 Å². The van der Waals surface area contributed by atoms with Gasteiger partial charge in [-0.15, -0.1) is 0 Å². The van der Waals surface area contributed by atoms with E-state index in [1.165, 1.54) is 26.4 Å². The van der Waals surface area contributed by atoms with Gasteiger partial charge in [0.1, 0.15) is 13.2 Å². The van der Waals surface area contributed by atoms with E-state index in [0.717, 1.165) is 4.57 Å². The lowest BCUT2D eigenvalue weighted by molar-refractivity contribution is -0.0762. The minimum absolute atomic E-state index is 0.0174. The van der Waals surface area contributed by atoms with Crippen LogP contribution < -0.4 is 11.2 Å². The number of aliphatic hydroxyl groups is 2. The van der Waals surface area contributed by atoms with Gasteiger partial charge in [0.2, 0.25) is 0 Å². The van der Waals surface area contributed by atoms with Crippen molar-refractivity contribution in [3.05, 3.63) is 32.6 Å². The summed E-state index contributed by atoms with van der Waals surface area (Å²) in [5.74, 6) is 0. The van der Waals surface area contributed by atoms with Crippen LogP contribution in [-0.2, 0) is 15.3 Å². The fourth-order valence-corrected chi connectivity index (χ4v) is 2.26. The molecule has 2 heterocycles. The van der Waals surface area contributed by atoms with E-state index < -0.39 is 35.8 Å². The maximum atomic E-state index is 12.0. The highest BCUT2D eigenvalue weighted by atomic mass is 16.6. The molecule has 0 bridgehead atoms. The lowest BCUT2D eigenvalue weighted by Crippen LogP contribution is -2.46. The van der Waals surface area contributed by atoms with E-state index in [1.54, 1.807) is 0 Å². The third-order valence-electron chi connectivity index (χ3n) is 3.35.